The maximum atomic E-state index is 11.9. The Morgan fingerprint density at radius 1 is 1.41 bits per heavy atom. The molecule has 0 aromatic rings. The summed E-state index contributed by atoms with van der Waals surface area (Å²) in [5, 5.41) is 0. The van der Waals surface area contributed by atoms with E-state index >= 15 is 0 Å². The zero-order chi connectivity index (χ0) is 13.3. The van der Waals surface area contributed by atoms with Crippen LogP contribution in [0, 0.1) is 0 Å². The van der Waals surface area contributed by atoms with E-state index in [4.69, 9.17) is 9.47 Å². The second kappa shape index (κ2) is 4.63. The maximum absolute atomic E-state index is 11.9. The first-order valence-electron chi connectivity index (χ1n) is 5.64. The summed E-state index contributed by atoms with van der Waals surface area (Å²) in [6, 6.07) is 0. The summed E-state index contributed by atoms with van der Waals surface area (Å²) < 4.78 is 11.5. The monoisotopic (exact) mass is 239 g/mol. The third kappa shape index (κ3) is 2.58. The molecule has 0 aromatic heterocycles. The molecule has 17 heavy (non-hydrogen) atoms. The van der Waals surface area contributed by atoms with Crippen LogP contribution < -0.4 is 0 Å². The average molecular weight is 239 g/mol. The first kappa shape index (κ1) is 13.9. The summed E-state index contributed by atoms with van der Waals surface area (Å²) in [4.78, 5) is 13.5. The van der Waals surface area contributed by atoms with Gasteiger partial charge < -0.3 is 9.47 Å². The molecule has 1 rings (SSSR count). The SMILES string of the molecule is C=CCOC1N(C(=O)C=C)C(C)(C)OC1(C)C. The predicted octanol–water partition coefficient (Wildman–Crippen LogP) is 2.07. The highest BCUT2D eigenvalue weighted by Crippen LogP contribution is 2.39. The van der Waals surface area contributed by atoms with Gasteiger partial charge in [-0.1, -0.05) is 12.7 Å². The Morgan fingerprint density at radius 2 is 2.00 bits per heavy atom. The fourth-order valence-corrected chi connectivity index (χ4v) is 2.25. The van der Waals surface area contributed by atoms with Crippen LogP contribution in [0.15, 0.2) is 25.3 Å². The molecule has 4 heteroatoms. The van der Waals surface area contributed by atoms with Crippen molar-refractivity contribution in [2.75, 3.05) is 6.61 Å². The molecule has 1 amide bonds. The van der Waals surface area contributed by atoms with Crippen molar-refractivity contribution in [3.63, 3.8) is 0 Å². The van der Waals surface area contributed by atoms with Gasteiger partial charge in [-0.2, -0.15) is 0 Å². The molecule has 0 radical (unpaired) electrons. The minimum absolute atomic E-state index is 0.199. The Morgan fingerprint density at radius 3 is 2.47 bits per heavy atom. The molecule has 1 unspecified atom stereocenters. The Balaban J connectivity index is 3.05. The average Bonchev–Trinajstić information content (AvgIpc) is 2.38. The van der Waals surface area contributed by atoms with Crippen LogP contribution in [-0.2, 0) is 14.3 Å². The van der Waals surface area contributed by atoms with Crippen molar-refractivity contribution in [2.24, 2.45) is 0 Å². The van der Waals surface area contributed by atoms with Gasteiger partial charge in [0.15, 0.2) is 6.23 Å². The minimum Gasteiger partial charge on any atom is -0.351 e. The fourth-order valence-electron chi connectivity index (χ4n) is 2.25. The number of ether oxygens (including phenoxy) is 2. The van der Waals surface area contributed by atoms with Crippen LogP contribution >= 0.6 is 0 Å². The third-order valence-corrected chi connectivity index (χ3v) is 2.71. The van der Waals surface area contributed by atoms with Crippen LogP contribution in [0.3, 0.4) is 0 Å². The van der Waals surface area contributed by atoms with E-state index in [1.165, 1.54) is 6.08 Å². The molecular formula is C13H21NO3. The third-order valence-electron chi connectivity index (χ3n) is 2.71. The van der Waals surface area contributed by atoms with E-state index in [0.717, 1.165) is 0 Å². The quantitative estimate of drug-likeness (QED) is 0.557. The second-order valence-electron chi connectivity index (χ2n) is 5.04. The van der Waals surface area contributed by atoms with Crippen molar-refractivity contribution >= 4 is 5.91 Å². The zero-order valence-corrected chi connectivity index (χ0v) is 11.0. The molecule has 0 N–H and O–H groups in total. The number of hydrogen-bond acceptors (Lipinski definition) is 3. The molecule has 1 atom stereocenters. The molecule has 1 fully saturated rings. The Hall–Kier alpha value is -1.13. The van der Waals surface area contributed by atoms with E-state index in [1.54, 1.807) is 11.0 Å². The molecule has 0 bridgehead atoms. The number of amides is 1. The van der Waals surface area contributed by atoms with Gasteiger partial charge in [0.05, 0.1) is 6.61 Å². The lowest BCUT2D eigenvalue weighted by Gasteiger charge is -2.32. The van der Waals surface area contributed by atoms with E-state index in [9.17, 15) is 4.79 Å². The summed E-state index contributed by atoms with van der Waals surface area (Å²) in [7, 11) is 0. The standard InChI is InChI=1S/C13H21NO3/c1-7-9-16-11-12(3,4)17-13(5,6)14(11)10(15)8-2/h7-8,11H,1-2,9H2,3-6H3. The molecular weight excluding hydrogens is 218 g/mol. The molecule has 1 saturated heterocycles. The normalized spacial score (nSPS) is 25.6. The highest BCUT2D eigenvalue weighted by Gasteiger charge is 2.54. The van der Waals surface area contributed by atoms with E-state index in [2.05, 4.69) is 13.2 Å². The van der Waals surface area contributed by atoms with Crippen LogP contribution in [-0.4, -0.2) is 35.0 Å². The highest BCUT2D eigenvalue weighted by molar-refractivity contribution is 5.88. The van der Waals surface area contributed by atoms with Crippen molar-refractivity contribution < 1.29 is 14.3 Å². The van der Waals surface area contributed by atoms with Crippen molar-refractivity contribution in [2.45, 2.75) is 45.2 Å². The highest BCUT2D eigenvalue weighted by atomic mass is 16.6. The van der Waals surface area contributed by atoms with Gasteiger partial charge in [0.25, 0.3) is 0 Å². The lowest BCUT2D eigenvalue weighted by Crippen LogP contribution is -2.50. The molecule has 0 aliphatic carbocycles. The van der Waals surface area contributed by atoms with Gasteiger partial charge in [-0.15, -0.1) is 6.58 Å². The largest absolute Gasteiger partial charge is 0.351 e. The van der Waals surface area contributed by atoms with Crippen molar-refractivity contribution in [3.05, 3.63) is 25.3 Å². The van der Waals surface area contributed by atoms with E-state index in [1.807, 2.05) is 27.7 Å². The molecule has 1 heterocycles. The Bertz CT molecular complexity index is 334. The Kier molecular flexibility index (Phi) is 3.79. The van der Waals surface area contributed by atoms with Crippen LogP contribution in [0.25, 0.3) is 0 Å². The molecule has 96 valence electrons. The summed E-state index contributed by atoms with van der Waals surface area (Å²) in [5.41, 5.74) is -1.27. The fraction of sp³-hybridized carbons (Fsp3) is 0.615. The molecule has 4 nitrogen and oxygen atoms in total. The number of carbonyl (C=O) groups excluding carboxylic acids is 1. The summed E-state index contributed by atoms with van der Waals surface area (Å²) in [6.07, 6.45) is 2.48. The lowest BCUT2D eigenvalue weighted by molar-refractivity contribution is -0.150. The van der Waals surface area contributed by atoms with Gasteiger partial charge in [0.2, 0.25) is 5.91 Å². The molecule has 0 spiro atoms. The van der Waals surface area contributed by atoms with E-state index in [0.29, 0.717) is 6.61 Å². The zero-order valence-electron chi connectivity index (χ0n) is 11.0. The van der Waals surface area contributed by atoms with Crippen molar-refractivity contribution in [3.8, 4) is 0 Å². The van der Waals surface area contributed by atoms with Crippen LogP contribution in [0.2, 0.25) is 0 Å². The number of carbonyl (C=O) groups is 1. The predicted molar refractivity (Wildman–Crippen MR) is 66.2 cm³/mol. The first-order chi connectivity index (χ1) is 7.76. The molecule has 1 aliphatic rings. The van der Waals surface area contributed by atoms with Gasteiger partial charge in [0.1, 0.15) is 11.3 Å². The molecule has 0 aromatic carbocycles. The number of rotatable bonds is 4. The Labute approximate surface area is 103 Å². The first-order valence-corrected chi connectivity index (χ1v) is 5.64. The van der Waals surface area contributed by atoms with Crippen LogP contribution in [0.5, 0.6) is 0 Å². The summed E-state index contributed by atoms with van der Waals surface area (Å²) >= 11 is 0. The lowest BCUT2D eigenvalue weighted by atomic mass is 10.1. The molecule has 0 saturated carbocycles. The van der Waals surface area contributed by atoms with Gasteiger partial charge in [-0.25, -0.2) is 0 Å². The summed E-state index contributed by atoms with van der Waals surface area (Å²) in [5.74, 6) is -0.199. The summed E-state index contributed by atoms with van der Waals surface area (Å²) in [6.45, 7) is 15.0. The van der Waals surface area contributed by atoms with Crippen LogP contribution in [0.4, 0.5) is 0 Å². The van der Waals surface area contributed by atoms with Gasteiger partial charge in [-0.05, 0) is 33.8 Å². The van der Waals surface area contributed by atoms with Crippen LogP contribution in [0.1, 0.15) is 27.7 Å². The van der Waals surface area contributed by atoms with E-state index in [-0.39, 0.29) is 5.91 Å². The minimum atomic E-state index is -0.708. The van der Waals surface area contributed by atoms with Gasteiger partial charge >= 0.3 is 0 Å². The molecule has 1 aliphatic heterocycles. The van der Waals surface area contributed by atoms with Crippen molar-refractivity contribution in [1.29, 1.82) is 0 Å². The number of nitrogens with zero attached hydrogens (tertiary/aromatic N) is 1. The van der Waals surface area contributed by atoms with Gasteiger partial charge in [0, 0.05) is 0 Å². The van der Waals surface area contributed by atoms with Gasteiger partial charge in [-0.3, -0.25) is 9.69 Å². The maximum Gasteiger partial charge on any atom is 0.250 e. The smallest absolute Gasteiger partial charge is 0.250 e. The number of hydrogen-bond donors (Lipinski definition) is 0. The topological polar surface area (TPSA) is 38.8 Å². The van der Waals surface area contributed by atoms with Crippen molar-refractivity contribution in [1.82, 2.24) is 4.90 Å². The van der Waals surface area contributed by atoms with E-state index < -0.39 is 17.6 Å². The second-order valence-corrected chi connectivity index (χ2v) is 5.04.